The first-order chi connectivity index (χ1) is 18.0. The minimum absolute atomic E-state index is 0.776. The largest absolute Gasteiger partial charge is 0.343 e. The summed E-state index contributed by atoms with van der Waals surface area (Å²) in [4.78, 5) is 0. The average Bonchev–Trinajstić information content (AvgIpc) is 2.87. The van der Waals surface area contributed by atoms with Crippen molar-refractivity contribution in [3.8, 4) is 0 Å². The van der Waals surface area contributed by atoms with Crippen molar-refractivity contribution in [1.29, 1.82) is 0 Å². The molecule has 0 spiro atoms. The summed E-state index contributed by atoms with van der Waals surface area (Å²) in [5, 5.41) is 2.46. The Kier molecular flexibility index (Phi) is 8.05. The first-order valence-corrected chi connectivity index (χ1v) is 18.9. The zero-order valence-corrected chi connectivity index (χ0v) is 25.9. The molecular formula is C35H46BrPd-. The van der Waals surface area contributed by atoms with Crippen LogP contribution in [0.4, 0.5) is 0 Å². The summed E-state index contributed by atoms with van der Waals surface area (Å²) >= 11 is 5.35. The molecule has 0 radical (unpaired) electrons. The molecule has 0 saturated heterocycles. The van der Waals surface area contributed by atoms with Gasteiger partial charge in [0.1, 0.15) is 0 Å². The molecule has 2 aromatic rings. The van der Waals surface area contributed by atoms with Gasteiger partial charge in [-0.05, 0) is 129 Å². The third-order valence-corrected chi connectivity index (χ3v) is 11.9. The van der Waals surface area contributed by atoms with E-state index in [0.717, 1.165) is 52.3 Å². The van der Waals surface area contributed by atoms with Crippen molar-refractivity contribution in [3.63, 3.8) is 0 Å². The van der Waals surface area contributed by atoms with E-state index < -0.39 is 0 Å². The fourth-order valence-corrected chi connectivity index (χ4v) is 11.9. The minimum atomic E-state index is 0.776. The summed E-state index contributed by atoms with van der Waals surface area (Å²) in [6.07, 6.45) is 22.1. The SMILES string of the molecule is Cc1[c-]c2ccccc2cc1.[Br][Pd+].[CH2-]CCC(C12CC3CC(CC(C3)C1)C2)C12CC3CC(CC(C3)C1)C2. The quantitative estimate of drug-likeness (QED) is 0.228. The first-order valence-electron chi connectivity index (χ1n) is 15.3. The van der Waals surface area contributed by atoms with Crippen molar-refractivity contribution in [3.05, 3.63) is 55.0 Å². The van der Waals surface area contributed by atoms with Crippen LogP contribution in [0.3, 0.4) is 0 Å². The van der Waals surface area contributed by atoms with Crippen LogP contribution in [0.15, 0.2) is 36.4 Å². The van der Waals surface area contributed by atoms with Gasteiger partial charge in [0.2, 0.25) is 0 Å². The van der Waals surface area contributed by atoms with Gasteiger partial charge in [0, 0.05) is 0 Å². The Balaban J connectivity index is 0.000000163. The summed E-state index contributed by atoms with van der Waals surface area (Å²) in [5.74, 6) is 7.80. The molecule has 0 aromatic heterocycles. The summed E-state index contributed by atoms with van der Waals surface area (Å²) < 4.78 is 0. The molecule has 0 atom stereocenters. The van der Waals surface area contributed by atoms with E-state index in [9.17, 15) is 0 Å². The van der Waals surface area contributed by atoms with Gasteiger partial charge < -0.3 is 6.92 Å². The van der Waals surface area contributed by atoms with Crippen LogP contribution in [0.5, 0.6) is 0 Å². The number of hydrogen-bond donors (Lipinski definition) is 0. The Hall–Kier alpha value is -0.158. The molecule has 2 heteroatoms. The minimum Gasteiger partial charge on any atom is -0.343 e. The van der Waals surface area contributed by atoms with Crippen LogP contribution in [0.1, 0.15) is 95.5 Å². The molecule has 8 fully saturated rings. The molecule has 8 aliphatic rings. The van der Waals surface area contributed by atoms with Crippen LogP contribution in [-0.4, -0.2) is 0 Å². The fourth-order valence-electron chi connectivity index (χ4n) is 11.9. The molecule has 8 aliphatic carbocycles. The topological polar surface area (TPSA) is 0 Å². The van der Waals surface area contributed by atoms with Crippen LogP contribution in [0.2, 0.25) is 0 Å². The van der Waals surface area contributed by atoms with Gasteiger partial charge in [-0.2, -0.15) is 6.42 Å². The van der Waals surface area contributed by atoms with E-state index >= 15 is 0 Å². The Morgan fingerprint density at radius 2 is 1.19 bits per heavy atom. The van der Waals surface area contributed by atoms with E-state index in [1.54, 1.807) is 77.0 Å². The summed E-state index contributed by atoms with van der Waals surface area (Å²) in [6.45, 7) is 6.44. The zero-order valence-electron chi connectivity index (χ0n) is 22.8. The molecular weight excluding hydrogens is 607 g/mol. The average molecular weight is 653 g/mol. The molecule has 0 unspecified atom stereocenters. The molecule has 204 valence electrons. The van der Waals surface area contributed by atoms with Crippen LogP contribution in [0.25, 0.3) is 10.8 Å². The molecule has 10 rings (SSSR count). The maximum Gasteiger partial charge on any atom is -0.0257 e. The van der Waals surface area contributed by atoms with Crippen molar-refractivity contribution in [1.82, 2.24) is 0 Å². The number of hydrogen-bond acceptors (Lipinski definition) is 0. The summed E-state index contributed by atoms with van der Waals surface area (Å²) in [5.41, 5.74) is 2.75. The second-order valence-electron chi connectivity index (χ2n) is 14.5. The molecule has 0 amide bonds. The van der Waals surface area contributed by atoms with Gasteiger partial charge in [-0.3, -0.25) is 0 Å². The van der Waals surface area contributed by atoms with Gasteiger partial charge in [-0.25, -0.2) is 0 Å². The van der Waals surface area contributed by atoms with Crippen LogP contribution >= 0.6 is 13.4 Å². The van der Waals surface area contributed by atoms with Gasteiger partial charge in [0.25, 0.3) is 0 Å². The number of halogens is 1. The third kappa shape index (κ3) is 5.20. The van der Waals surface area contributed by atoms with Crippen LogP contribution in [-0.2, 0) is 17.2 Å². The van der Waals surface area contributed by atoms with Crippen molar-refractivity contribution >= 4 is 24.2 Å². The van der Waals surface area contributed by atoms with E-state index in [0.29, 0.717) is 0 Å². The Morgan fingerprint density at radius 1 is 0.757 bits per heavy atom. The predicted octanol–water partition coefficient (Wildman–Crippen LogP) is 10.4. The van der Waals surface area contributed by atoms with Crippen molar-refractivity contribution in [2.24, 2.45) is 52.3 Å². The molecule has 8 saturated carbocycles. The maximum absolute atomic E-state index is 4.38. The standard InChI is InChI=1S/C24H37.C11H9.BrH.Pd/c1-2-3-22(23-10-16-4-17(11-23)6-18(5-16)12-23)24-13-19-7-20(14-24)9-21(8-19)15-24;1-9-6-7-10-4-2-3-5-11(10)8-9;;/h16-22H,1-15H2;2-7H,1H3;1H;/q2*-1;;+2/p-1. The molecule has 0 aliphatic heterocycles. The van der Waals surface area contributed by atoms with Gasteiger partial charge in [0.05, 0.1) is 0 Å². The van der Waals surface area contributed by atoms with E-state index in [4.69, 9.17) is 0 Å². The zero-order chi connectivity index (χ0) is 25.6. The smallest absolute Gasteiger partial charge is 0.0257 e. The summed E-state index contributed by atoms with van der Waals surface area (Å²) in [6, 6.07) is 15.8. The molecule has 0 heterocycles. The summed E-state index contributed by atoms with van der Waals surface area (Å²) in [7, 11) is 0. The molecule has 0 N–H and O–H groups in total. The van der Waals surface area contributed by atoms with Gasteiger partial charge in [0.15, 0.2) is 0 Å². The van der Waals surface area contributed by atoms with Crippen molar-refractivity contribution < 1.29 is 17.2 Å². The Labute approximate surface area is 244 Å². The number of rotatable bonds is 4. The van der Waals surface area contributed by atoms with Crippen molar-refractivity contribution in [2.45, 2.75) is 96.8 Å². The van der Waals surface area contributed by atoms with E-state index in [-0.39, 0.29) is 0 Å². The van der Waals surface area contributed by atoms with E-state index in [2.05, 4.69) is 74.8 Å². The molecule has 8 bridgehead atoms. The third-order valence-electron chi connectivity index (χ3n) is 11.9. The van der Waals surface area contributed by atoms with Gasteiger partial charge >= 0.3 is 30.6 Å². The number of benzene rings is 2. The monoisotopic (exact) mass is 651 g/mol. The van der Waals surface area contributed by atoms with Crippen molar-refractivity contribution in [2.75, 3.05) is 0 Å². The normalized spacial score (nSPS) is 41.1. The second kappa shape index (κ2) is 11.0. The van der Waals surface area contributed by atoms with E-state index in [1.165, 1.54) is 29.2 Å². The number of fused-ring (bicyclic) bond motifs is 1. The molecule has 2 aromatic carbocycles. The molecule has 37 heavy (non-hydrogen) atoms. The Bertz CT molecular complexity index is 957. The first kappa shape index (κ1) is 27.0. The van der Waals surface area contributed by atoms with Gasteiger partial charge in [-0.15, -0.1) is 46.7 Å². The van der Waals surface area contributed by atoms with Gasteiger partial charge in [-0.1, -0.05) is 25.5 Å². The fraction of sp³-hybridized carbons (Fsp3) is 0.686. The number of aryl methyl sites for hydroxylation is 1. The van der Waals surface area contributed by atoms with Crippen LogP contribution < -0.4 is 0 Å². The Morgan fingerprint density at radius 3 is 1.62 bits per heavy atom. The maximum atomic E-state index is 4.38. The van der Waals surface area contributed by atoms with E-state index in [1.807, 2.05) is 12.1 Å². The predicted molar refractivity (Wildman–Crippen MR) is 156 cm³/mol. The van der Waals surface area contributed by atoms with Crippen LogP contribution in [0, 0.1) is 72.2 Å². The molecule has 0 nitrogen and oxygen atoms in total. The second-order valence-corrected chi connectivity index (χ2v) is 14.5.